The highest BCUT2D eigenvalue weighted by molar-refractivity contribution is 9.11. The second-order valence-electron chi connectivity index (χ2n) is 4.15. The Labute approximate surface area is 133 Å². The maximum absolute atomic E-state index is 12.0. The first-order valence-electron chi connectivity index (χ1n) is 5.73. The van der Waals surface area contributed by atoms with Crippen LogP contribution in [0.1, 0.15) is 15.9 Å². The third-order valence-corrected chi connectivity index (χ3v) is 3.87. The molecule has 20 heavy (non-hydrogen) atoms. The van der Waals surface area contributed by atoms with Crippen molar-refractivity contribution in [3.8, 4) is 5.75 Å². The molecule has 2 aromatic rings. The Balaban J connectivity index is 2.21. The molecule has 0 heterocycles. The maximum atomic E-state index is 12.0. The van der Waals surface area contributed by atoms with Crippen molar-refractivity contribution in [1.82, 2.24) is 0 Å². The molecule has 0 aliphatic heterocycles. The average Bonchev–Trinajstić information content (AvgIpc) is 2.42. The Morgan fingerprint density at radius 1 is 1.10 bits per heavy atom. The van der Waals surface area contributed by atoms with Crippen LogP contribution in [0.2, 0.25) is 0 Å². The summed E-state index contributed by atoms with van der Waals surface area (Å²) >= 11 is 6.49. The highest BCUT2D eigenvalue weighted by atomic mass is 79.9. The number of hydrogen-bond donors (Lipinski definition) is 2. The van der Waals surface area contributed by atoms with Crippen molar-refractivity contribution in [2.75, 3.05) is 5.73 Å². The Morgan fingerprint density at radius 2 is 1.65 bits per heavy atom. The van der Waals surface area contributed by atoms with Gasteiger partial charge in [-0.1, -0.05) is 6.08 Å². The van der Waals surface area contributed by atoms with Crippen LogP contribution in [0.3, 0.4) is 0 Å². The number of hydrogen-bond acceptors (Lipinski definition) is 3. The average molecular weight is 397 g/mol. The van der Waals surface area contributed by atoms with Gasteiger partial charge in [0, 0.05) is 11.3 Å². The van der Waals surface area contributed by atoms with Crippen molar-refractivity contribution in [3.63, 3.8) is 0 Å². The van der Waals surface area contributed by atoms with E-state index in [1.54, 1.807) is 42.5 Å². The van der Waals surface area contributed by atoms with E-state index in [1.165, 1.54) is 6.08 Å². The molecule has 0 radical (unpaired) electrons. The lowest BCUT2D eigenvalue weighted by Gasteiger charge is -2.02. The molecule has 0 aromatic heterocycles. The number of anilines is 1. The summed E-state index contributed by atoms with van der Waals surface area (Å²) in [5.74, 6) is 0.0253. The molecular formula is C15H11Br2NO2. The number of phenols is 1. The highest BCUT2D eigenvalue weighted by Gasteiger charge is 2.05. The summed E-state index contributed by atoms with van der Waals surface area (Å²) in [6, 6.07) is 10.2. The molecule has 0 aliphatic rings. The van der Waals surface area contributed by atoms with E-state index in [2.05, 4.69) is 31.9 Å². The third-order valence-electron chi connectivity index (χ3n) is 2.66. The fourth-order valence-electron chi connectivity index (χ4n) is 1.60. The van der Waals surface area contributed by atoms with Gasteiger partial charge in [-0.3, -0.25) is 4.79 Å². The van der Waals surface area contributed by atoms with Crippen molar-refractivity contribution in [3.05, 3.63) is 62.5 Å². The van der Waals surface area contributed by atoms with Gasteiger partial charge in [0.1, 0.15) is 5.75 Å². The number of carbonyl (C=O) groups excluding carboxylic acids is 1. The van der Waals surface area contributed by atoms with Gasteiger partial charge in [0.25, 0.3) is 0 Å². The summed E-state index contributed by atoms with van der Waals surface area (Å²) in [5.41, 5.74) is 7.57. The van der Waals surface area contributed by atoms with Crippen LogP contribution in [-0.4, -0.2) is 10.9 Å². The van der Waals surface area contributed by atoms with E-state index in [4.69, 9.17) is 5.73 Å². The minimum Gasteiger partial charge on any atom is -0.506 e. The van der Waals surface area contributed by atoms with Gasteiger partial charge < -0.3 is 10.8 Å². The van der Waals surface area contributed by atoms with Gasteiger partial charge in [0.05, 0.1) is 8.95 Å². The van der Waals surface area contributed by atoms with E-state index >= 15 is 0 Å². The number of benzene rings is 2. The molecule has 0 saturated carbocycles. The second kappa shape index (κ2) is 6.24. The first kappa shape index (κ1) is 14.8. The maximum Gasteiger partial charge on any atom is 0.185 e. The predicted octanol–water partition coefficient (Wildman–Crippen LogP) is 4.40. The van der Waals surface area contributed by atoms with Crippen LogP contribution in [0.15, 0.2) is 51.4 Å². The number of nitrogen functional groups attached to an aromatic ring is 1. The van der Waals surface area contributed by atoms with Crippen molar-refractivity contribution >= 4 is 49.4 Å². The number of ketones is 1. The number of phenolic OH excluding ortho intramolecular Hbond substituents is 1. The van der Waals surface area contributed by atoms with Crippen LogP contribution in [-0.2, 0) is 0 Å². The molecule has 0 atom stereocenters. The Morgan fingerprint density at radius 3 is 2.20 bits per heavy atom. The number of rotatable bonds is 3. The number of carbonyl (C=O) groups is 1. The van der Waals surface area contributed by atoms with Crippen molar-refractivity contribution in [2.45, 2.75) is 0 Å². The Bertz CT molecular complexity index is 656. The lowest BCUT2D eigenvalue weighted by molar-refractivity contribution is 0.104. The lowest BCUT2D eigenvalue weighted by Crippen LogP contribution is -1.94. The Hall–Kier alpha value is -1.59. The summed E-state index contributed by atoms with van der Waals surface area (Å²) in [7, 11) is 0. The number of aromatic hydroxyl groups is 1. The first-order chi connectivity index (χ1) is 9.47. The summed E-state index contributed by atoms with van der Waals surface area (Å²) < 4.78 is 1.12. The highest BCUT2D eigenvalue weighted by Crippen LogP contribution is 2.33. The van der Waals surface area contributed by atoms with Crippen LogP contribution in [0, 0.1) is 0 Å². The van der Waals surface area contributed by atoms with E-state index in [0.29, 0.717) is 20.2 Å². The zero-order chi connectivity index (χ0) is 14.7. The molecule has 0 spiro atoms. The first-order valence-corrected chi connectivity index (χ1v) is 7.32. The molecule has 0 aliphatic carbocycles. The molecule has 3 N–H and O–H groups in total. The molecule has 0 saturated heterocycles. The molecule has 5 heteroatoms. The molecule has 3 nitrogen and oxygen atoms in total. The van der Waals surface area contributed by atoms with Crippen molar-refractivity contribution in [2.24, 2.45) is 0 Å². The molecule has 0 amide bonds. The molecule has 0 unspecified atom stereocenters. The normalized spacial score (nSPS) is 10.9. The van der Waals surface area contributed by atoms with Gasteiger partial charge in [-0.25, -0.2) is 0 Å². The van der Waals surface area contributed by atoms with E-state index in [9.17, 15) is 9.90 Å². The second-order valence-corrected chi connectivity index (χ2v) is 5.86. The molecule has 102 valence electrons. The molecule has 2 aromatic carbocycles. The molecule has 0 bridgehead atoms. The summed E-state index contributed by atoms with van der Waals surface area (Å²) in [6.07, 6.45) is 3.17. The van der Waals surface area contributed by atoms with Gasteiger partial charge in [-0.05, 0) is 79.9 Å². The van der Waals surface area contributed by atoms with E-state index in [-0.39, 0.29) is 11.5 Å². The minimum absolute atomic E-state index is 0.106. The van der Waals surface area contributed by atoms with E-state index in [1.807, 2.05) is 0 Å². The van der Waals surface area contributed by atoms with Gasteiger partial charge in [-0.15, -0.1) is 0 Å². The van der Waals surface area contributed by atoms with Crippen LogP contribution < -0.4 is 5.73 Å². The van der Waals surface area contributed by atoms with Gasteiger partial charge in [0.15, 0.2) is 5.78 Å². The van der Waals surface area contributed by atoms with Crippen LogP contribution in [0.25, 0.3) is 6.08 Å². The van der Waals surface area contributed by atoms with Gasteiger partial charge in [0.2, 0.25) is 0 Å². The zero-order valence-corrected chi connectivity index (χ0v) is 13.5. The standard InChI is InChI=1S/C15H11Br2NO2/c16-12-7-9(8-13(17)15(12)20)1-6-14(19)10-2-4-11(18)5-3-10/h1-8,20H,18H2/b6-1+. The number of halogens is 2. The molecule has 2 rings (SSSR count). The monoisotopic (exact) mass is 395 g/mol. The minimum atomic E-state index is -0.106. The van der Waals surface area contributed by atoms with Crippen LogP contribution in [0.5, 0.6) is 5.75 Å². The predicted molar refractivity (Wildman–Crippen MR) is 87.7 cm³/mol. The van der Waals surface area contributed by atoms with E-state index < -0.39 is 0 Å². The Kier molecular flexibility index (Phi) is 4.62. The number of allylic oxidation sites excluding steroid dienone is 1. The molecule has 0 fully saturated rings. The van der Waals surface area contributed by atoms with E-state index in [0.717, 1.165) is 5.56 Å². The van der Waals surface area contributed by atoms with Crippen LogP contribution in [0.4, 0.5) is 5.69 Å². The summed E-state index contributed by atoms with van der Waals surface area (Å²) in [5, 5.41) is 9.62. The smallest absolute Gasteiger partial charge is 0.185 e. The summed E-state index contributed by atoms with van der Waals surface area (Å²) in [4.78, 5) is 12.0. The van der Waals surface area contributed by atoms with Gasteiger partial charge >= 0.3 is 0 Å². The quantitative estimate of drug-likeness (QED) is 0.459. The van der Waals surface area contributed by atoms with Crippen molar-refractivity contribution < 1.29 is 9.90 Å². The topological polar surface area (TPSA) is 63.3 Å². The van der Waals surface area contributed by atoms with Crippen molar-refractivity contribution in [1.29, 1.82) is 0 Å². The van der Waals surface area contributed by atoms with Crippen LogP contribution >= 0.6 is 31.9 Å². The zero-order valence-electron chi connectivity index (χ0n) is 10.3. The largest absolute Gasteiger partial charge is 0.506 e. The summed E-state index contributed by atoms with van der Waals surface area (Å²) in [6.45, 7) is 0. The fourth-order valence-corrected chi connectivity index (χ4v) is 2.82. The SMILES string of the molecule is Nc1ccc(C(=O)/C=C/c2cc(Br)c(O)c(Br)c2)cc1. The number of nitrogens with two attached hydrogens (primary N) is 1. The third kappa shape index (κ3) is 3.49. The lowest BCUT2D eigenvalue weighted by atomic mass is 10.1. The van der Waals surface area contributed by atoms with Gasteiger partial charge in [-0.2, -0.15) is 0 Å². The molecular weight excluding hydrogens is 386 g/mol. The fraction of sp³-hybridized carbons (Fsp3) is 0.